The van der Waals surface area contributed by atoms with Gasteiger partial charge in [-0.1, -0.05) is 18.6 Å². The molecule has 2 aliphatic rings. The van der Waals surface area contributed by atoms with Gasteiger partial charge in [-0.25, -0.2) is 0 Å². The zero-order valence-corrected chi connectivity index (χ0v) is 16.8. The van der Waals surface area contributed by atoms with Gasteiger partial charge < -0.3 is 14.5 Å². The maximum Gasteiger partial charge on any atom is 0.417 e. The Morgan fingerprint density at radius 2 is 1.84 bits per heavy atom. The highest BCUT2D eigenvalue weighted by molar-refractivity contribution is 5.99. The van der Waals surface area contributed by atoms with Crippen LogP contribution in [0.5, 0.6) is 0 Å². The monoisotopic (exact) mass is 436 g/mol. The van der Waals surface area contributed by atoms with Crippen LogP contribution in [0, 0.1) is 0 Å². The fourth-order valence-electron chi connectivity index (χ4n) is 4.42. The lowest BCUT2D eigenvalue weighted by Crippen LogP contribution is -2.56. The van der Waals surface area contributed by atoms with Gasteiger partial charge in [0, 0.05) is 0 Å². The molecule has 1 aromatic heterocycles. The SMILES string of the molecule is O=C(NCc1ccco1)C1COC2(CCCCC2)N1C(=O)c1ccccc1C(F)(F)F. The van der Waals surface area contributed by atoms with Gasteiger partial charge in [-0.05, 0) is 49.9 Å². The van der Waals surface area contributed by atoms with Crippen LogP contribution in [-0.4, -0.2) is 35.1 Å². The number of furan rings is 1. The van der Waals surface area contributed by atoms with Gasteiger partial charge in [0.1, 0.15) is 17.5 Å². The van der Waals surface area contributed by atoms with Crippen LogP contribution in [0.4, 0.5) is 13.2 Å². The summed E-state index contributed by atoms with van der Waals surface area (Å²) < 4.78 is 51.9. The Morgan fingerprint density at radius 3 is 2.52 bits per heavy atom. The van der Waals surface area contributed by atoms with E-state index >= 15 is 0 Å². The Bertz CT molecular complexity index is 936. The van der Waals surface area contributed by atoms with Crippen molar-refractivity contribution in [3.05, 3.63) is 59.5 Å². The molecule has 1 aliphatic carbocycles. The average molecular weight is 436 g/mol. The van der Waals surface area contributed by atoms with Gasteiger partial charge in [0.2, 0.25) is 5.91 Å². The lowest BCUT2D eigenvalue weighted by Gasteiger charge is -2.41. The number of nitrogens with zero attached hydrogens (tertiary/aromatic N) is 1. The molecule has 2 fully saturated rings. The van der Waals surface area contributed by atoms with Crippen molar-refractivity contribution in [3.8, 4) is 0 Å². The molecule has 1 aromatic carbocycles. The zero-order valence-electron chi connectivity index (χ0n) is 16.8. The van der Waals surface area contributed by atoms with Crippen LogP contribution >= 0.6 is 0 Å². The number of halogens is 3. The Labute approximate surface area is 177 Å². The van der Waals surface area contributed by atoms with Crippen molar-refractivity contribution in [1.29, 1.82) is 0 Å². The van der Waals surface area contributed by atoms with E-state index in [1.807, 2.05) is 0 Å². The lowest BCUT2D eigenvalue weighted by molar-refractivity contribution is -0.138. The molecular weight excluding hydrogens is 413 g/mol. The largest absolute Gasteiger partial charge is 0.467 e. The van der Waals surface area contributed by atoms with Crippen molar-refractivity contribution in [1.82, 2.24) is 10.2 Å². The molecule has 1 saturated carbocycles. The summed E-state index contributed by atoms with van der Waals surface area (Å²) in [4.78, 5) is 27.7. The number of ether oxygens (including phenoxy) is 1. The van der Waals surface area contributed by atoms with Crippen LogP contribution in [0.25, 0.3) is 0 Å². The van der Waals surface area contributed by atoms with Crippen molar-refractivity contribution in [3.63, 3.8) is 0 Å². The van der Waals surface area contributed by atoms with Gasteiger partial charge in [-0.3, -0.25) is 14.5 Å². The zero-order chi connectivity index (χ0) is 22.1. The number of hydrogen-bond acceptors (Lipinski definition) is 4. The molecule has 0 radical (unpaired) electrons. The number of alkyl halides is 3. The molecule has 1 aliphatic heterocycles. The van der Waals surface area contributed by atoms with Crippen molar-refractivity contribution in [2.45, 2.75) is 56.6 Å². The second kappa shape index (κ2) is 8.37. The first-order chi connectivity index (χ1) is 14.8. The summed E-state index contributed by atoms with van der Waals surface area (Å²) in [5, 5.41) is 2.70. The van der Waals surface area contributed by atoms with E-state index in [0.717, 1.165) is 31.4 Å². The minimum Gasteiger partial charge on any atom is -0.467 e. The minimum absolute atomic E-state index is 0.0656. The summed E-state index contributed by atoms with van der Waals surface area (Å²) >= 11 is 0. The molecule has 4 rings (SSSR count). The molecule has 1 spiro atoms. The average Bonchev–Trinajstić information content (AvgIpc) is 3.40. The fraction of sp³-hybridized carbons (Fsp3) is 0.455. The van der Waals surface area contributed by atoms with E-state index in [1.54, 1.807) is 12.1 Å². The number of carbonyl (C=O) groups excluding carboxylic acids is 2. The van der Waals surface area contributed by atoms with Gasteiger partial charge in [0.05, 0.1) is 30.5 Å². The number of carbonyl (C=O) groups is 2. The molecule has 1 N–H and O–H groups in total. The third-order valence-electron chi connectivity index (χ3n) is 5.90. The minimum atomic E-state index is -4.69. The summed E-state index contributed by atoms with van der Waals surface area (Å²) in [5.41, 5.74) is -2.57. The van der Waals surface area contributed by atoms with Crippen LogP contribution < -0.4 is 5.32 Å². The van der Waals surface area contributed by atoms with E-state index in [4.69, 9.17) is 9.15 Å². The summed E-state index contributed by atoms with van der Waals surface area (Å²) in [6.45, 7) is 0.0421. The van der Waals surface area contributed by atoms with Crippen LogP contribution in [0.3, 0.4) is 0 Å². The van der Waals surface area contributed by atoms with Gasteiger partial charge >= 0.3 is 6.18 Å². The number of hydrogen-bond donors (Lipinski definition) is 1. The molecule has 1 atom stereocenters. The van der Waals surface area contributed by atoms with Crippen molar-refractivity contribution >= 4 is 11.8 Å². The van der Waals surface area contributed by atoms with Gasteiger partial charge in [-0.2, -0.15) is 13.2 Å². The first-order valence-electron chi connectivity index (χ1n) is 10.3. The highest BCUT2D eigenvalue weighted by Crippen LogP contribution is 2.42. The first kappa shape index (κ1) is 21.4. The van der Waals surface area contributed by atoms with Crippen LogP contribution in [-0.2, 0) is 22.3 Å². The number of rotatable bonds is 4. The van der Waals surface area contributed by atoms with Gasteiger partial charge in [0.15, 0.2) is 0 Å². The Hall–Kier alpha value is -2.81. The van der Waals surface area contributed by atoms with Crippen LogP contribution in [0.1, 0.15) is 53.8 Å². The van der Waals surface area contributed by atoms with Gasteiger partial charge in [-0.15, -0.1) is 0 Å². The van der Waals surface area contributed by atoms with E-state index in [9.17, 15) is 22.8 Å². The predicted molar refractivity (Wildman–Crippen MR) is 104 cm³/mol. The maximum absolute atomic E-state index is 13.6. The highest BCUT2D eigenvalue weighted by atomic mass is 19.4. The molecular formula is C22H23F3N2O4. The summed E-state index contributed by atoms with van der Waals surface area (Å²) in [7, 11) is 0. The normalized spacial score (nSPS) is 20.7. The standard InChI is InChI=1S/C22H23F3N2O4/c23-22(24,25)17-9-3-2-8-16(17)20(29)27-18(14-31-21(27)10-4-1-5-11-21)19(28)26-13-15-7-6-12-30-15/h2-3,6-9,12,18H,1,4-5,10-11,13-14H2,(H,26,28). The van der Waals surface area contributed by atoms with Crippen LogP contribution in [0.15, 0.2) is 47.1 Å². The quantitative estimate of drug-likeness (QED) is 0.783. The molecule has 31 heavy (non-hydrogen) atoms. The second-order valence-electron chi connectivity index (χ2n) is 7.85. The topological polar surface area (TPSA) is 71.8 Å². The summed E-state index contributed by atoms with van der Waals surface area (Å²) in [6, 6.07) is 7.00. The fourth-order valence-corrected chi connectivity index (χ4v) is 4.42. The molecule has 1 unspecified atom stereocenters. The molecule has 9 heteroatoms. The molecule has 2 heterocycles. The second-order valence-corrected chi connectivity index (χ2v) is 7.85. The third-order valence-corrected chi connectivity index (χ3v) is 5.90. The van der Waals surface area contributed by atoms with Crippen molar-refractivity contribution in [2.24, 2.45) is 0 Å². The highest BCUT2D eigenvalue weighted by Gasteiger charge is 2.53. The summed E-state index contributed by atoms with van der Waals surface area (Å²) in [6.07, 6.45) is 0.229. The van der Waals surface area contributed by atoms with Gasteiger partial charge in [0.25, 0.3) is 5.91 Å². The Kier molecular flexibility index (Phi) is 5.79. The predicted octanol–water partition coefficient (Wildman–Crippen LogP) is 4.12. The summed E-state index contributed by atoms with van der Waals surface area (Å²) in [5.74, 6) is -0.804. The lowest BCUT2D eigenvalue weighted by atomic mass is 9.89. The Balaban J connectivity index is 1.66. The molecule has 2 aromatic rings. The molecule has 166 valence electrons. The van der Waals surface area contributed by atoms with E-state index in [2.05, 4.69) is 5.32 Å². The molecule has 1 saturated heterocycles. The van der Waals surface area contributed by atoms with Crippen molar-refractivity contribution in [2.75, 3.05) is 6.61 Å². The number of benzene rings is 1. The smallest absolute Gasteiger partial charge is 0.417 e. The maximum atomic E-state index is 13.6. The first-order valence-corrected chi connectivity index (χ1v) is 10.3. The van der Waals surface area contributed by atoms with E-state index in [-0.39, 0.29) is 13.2 Å². The van der Waals surface area contributed by atoms with Crippen molar-refractivity contribution < 1.29 is 31.9 Å². The molecule has 0 bridgehead atoms. The van der Waals surface area contributed by atoms with E-state index < -0.39 is 40.9 Å². The van der Waals surface area contributed by atoms with E-state index in [1.165, 1.54) is 23.3 Å². The molecule has 6 nitrogen and oxygen atoms in total. The molecule has 2 amide bonds. The van der Waals surface area contributed by atoms with Crippen LogP contribution in [0.2, 0.25) is 0 Å². The van der Waals surface area contributed by atoms with E-state index in [0.29, 0.717) is 18.6 Å². The number of nitrogens with one attached hydrogen (secondary N) is 1. The Morgan fingerprint density at radius 1 is 1.10 bits per heavy atom. The third kappa shape index (κ3) is 4.19. The number of amides is 2.